The third-order valence-corrected chi connectivity index (χ3v) is 3.61. The van der Waals surface area contributed by atoms with Crippen molar-refractivity contribution in [3.8, 4) is 0 Å². The van der Waals surface area contributed by atoms with E-state index in [-0.39, 0.29) is 12.3 Å². The molecule has 0 spiro atoms. The fourth-order valence-corrected chi connectivity index (χ4v) is 2.44. The van der Waals surface area contributed by atoms with E-state index >= 15 is 0 Å². The molecule has 7 nitrogen and oxygen atoms in total. The largest absolute Gasteiger partial charge is 0.433 e. The molecule has 1 aliphatic rings. The average molecular weight is 282 g/mol. The van der Waals surface area contributed by atoms with E-state index in [1.807, 2.05) is 0 Å². The van der Waals surface area contributed by atoms with E-state index in [1.54, 1.807) is 0 Å². The van der Waals surface area contributed by atoms with Gasteiger partial charge in [0.1, 0.15) is 4.92 Å². The molecular weight excluding hydrogens is 264 g/mol. The number of hydrogen-bond acceptors (Lipinski definition) is 5. The SMILES string of the molecule is O=C(NCC1(O)CCCCCC1)c1ccc([N+](=O)[O-])o1. The second kappa shape index (κ2) is 6.04. The van der Waals surface area contributed by atoms with Gasteiger partial charge in [0.05, 0.1) is 11.7 Å². The van der Waals surface area contributed by atoms with Crippen LogP contribution in [0.3, 0.4) is 0 Å². The zero-order valence-electron chi connectivity index (χ0n) is 11.1. The number of furan rings is 1. The van der Waals surface area contributed by atoms with E-state index in [1.165, 1.54) is 6.07 Å². The molecule has 1 aromatic heterocycles. The maximum atomic E-state index is 11.8. The summed E-state index contributed by atoms with van der Waals surface area (Å²) in [5, 5.41) is 23.4. The van der Waals surface area contributed by atoms with Crippen molar-refractivity contribution >= 4 is 11.8 Å². The monoisotopic (exact) mass is 282 g/mol. The first-order valence-corrected chi connectivity index (χ1v) is 6.75. The highest BCUT2D eigenvalue weighted by Crippen LogP contribution is 2.26. The summed E-state index contributed by atoms with van der Waals surface area (Å²) in [5.41, 5.74) is -0.884. The number of nitrogens with zero attached hydrogens (tertiary/aromatic N) is 1. The standard InChI is InChI=1S/C13H18N2O5/c16-12(10-5-6-11(20-10)15(18)19)14-9-13(17)7-3-1-2-4-8-13/h5-6,17H,1-4,7-9H2,(H,14,16). The van der Waals surface area contributed by atoms with Crippen molar-refractivity contribution in [1.82, 2.24) is 5.32 Å². The van der Waals surface area contributed by atoms with E-state index in [2.05, 4.69) is 5.32 Å². The zero-order chi connectivity index (χ0) is 14.6. The molecule has 20 heavy (non-hydrogen) atoms. The Hall–Kier alpha value is -1.89. The number of rotatable bonds is 4. The third kappa shape index (κ3) is 3.57. The average Bonchev–Trinajstić information content (AvgIpc) is 2.81. The van der Waals surface area contributed by atoms with E-state index in [0.717, 1.165) is 31.7 Å². The molecule has 0 unspecified atom stereocenters. The molecule has 1 saturated carbocycles. The van der Waals surface area contributed by atoms with Crippen LogP contribution in [0.5, 0.6) is 0 Å². The van der Waals surface area contributed by atoms with Gasteiger partial charge in [-0.15, -0.1) is 0 Å². The Bertz CT molecular complexity index is 489. The lowest BCUT2D eigenvalue weighted by Crippen LogP contribution is -2.42. The van der Waals surface area contributed by atoms with E-state index < -0.39 is 22.3 Å². The van der Waals surface area contributed by atoms with Crippen molar-refractivity contribution in [3.05, 3.63) is 28.0 Å². The fraction of sp³-hybridized carbons (Fsp3) is 0.615. The molecule has 0 aromatic carbocycles. The van der Waals surface area contributed by atoms with Crippen molar-refractivity contribution in [1.29, 1.82) is 0 Å². The van der Waals surface area contributed by atoms with Gasteiger partial charge in [-0.2, -0.15) is 0 Å². The summed E-state index contributed by atoms with van der Waals surface area (Å²) in [6.07, 6.45) is 5.40. The number of carbonyl (C=O) groups excluding carboxylic acids is 1. The van der Waals surface area contributed by atoms with Gasteiger partial charge < -0.3 is 14.8 Å². The lowest BCUT2D eigenvalue weighted by Gasteiger charge is -2.26. The molecule has 1 amide bonds. The highest BCUT2D eigenvalue weighted by Gasteiger charge is 2.29. The Morgan fingerprint density at radius 2 is 2.00 bits per heavy atom. The van der Waals surface area contributed by atoms with Gasteiger partial charge in [-0.05, 0) is 18.9 Å². The van der Waals surface area contributed by atoms with Crippen LogP contribution in [0.1, 0.15) is 49.1 Å². The molecular formula is C13H18N2O5. The summed E-state index contributed by atoms with van der Waals surface area (Å²) in [6, 6.07) is 2.39. The topological polar surface area (TPSA) is 106 Å². The number of nitro groups is 1. The zero-order valence-corrected chi connectivity index (χ0v) is 11.1. The Morgan fingerprint density at radius 3 is 2.55 bits per heavy atom. The van der Waals surface area contributed by atoms with Gasteiger partial charge >= 0.3 is 5.88 Å². The van der Waals surface area contributed by atoms with Crippen LogP contribution >= 0.6 is 0 Å². The molecule has 1 aliphatic carbocycles. The first kappa shape index (κ1) is 14.5. The van der Waals surface area contributed by atoms with Crippen LogP contribution in [0.25, 0.3) is 0 Å². The molecule has 0 atom stereocenters. The summed E-state index contributed by atoms with van der Waals surface area (Å²) in [6.45, 7) is 0.139. The first-order valence-electron chi connectivity index (χ1n) is 6.75. The van der Waals surface area contributed by atoms with Crippen LogP contribution in [0.4, 0.5) is 5.88 Å². The molecule has 1 fully saturated rings. The summed E-state index contributed by atoms with van der Waals surface area (Å²) in [4.78, 5) is 21.6. The maximum absolute atomic E-state index is 11.8. The fourth-order valence-electron chi connectivity index (χ4n) is 2.44. The van der Waals surface area contributed by atoms with Crippen molar-refractivity contribution < 1.29 is 19.2 Å². The lowest BCUT2D eigenvalue weighted by molar-refractivity contribution is -0.402. The minimum atomic E-state index is -0.884. The van der Waals surface area contributed by atoms with Gasteiger partial charge in [-0.25, -0.2) is 0 Å². The molecule has 2 rings (SSSR count). The van der Waals surface area contributed by atoms with E-state index in [0.29, 0.717) is 12.8 Å². The number of hydrogen-bond donors (Lipinski definition) is 2. The maximum Gasteiger partial charge on any atom is 0.433 e. The predicted molar refractivity (Wildman–Crippen MR) is 70.3 cm³/mol. The summed E-state index contributed by atoms with van der Waals surface area (Å²) in [7, 11) is 0. The van der Waals surface area contributed by atoms with Gasteiger partial charge in [-0.1, -0.05) is 25.7 Å². The van der Waals surface area contributed by atoms with Crippen molar-refractivity contribution in [2.24, 2.45) is 0 Å². The van der Waals surface area contributed by atoms with E-state index in [4.69, 9.17) is 4.42 Å². The molecule has 110 valence electrons. The van der Waals surface area contributed by atoms with Crippen LogP contribution in [0, 0.1) is 10.1 Å². The second-order valence-corrected chi connectivity index (χ2v) is 5.22. The second-order valence-electron chi connectivity index (χ2n) is 5.22. The Balaban J connectivity index is 1.92. The molecule has 2 N–H and O–H groups in total. The quantitative estimate of drug-likeness (QED) is 0.499. The highest BCUT2D eigenvalue weighted by molar-refractivity contribution is 5.91. The Labute approximate surface area is 116 Å². The highest BCUT2D eigenvalue weighted by atomic mass is 16.6. The number of aliphatic hydroxyl groups is 1. The van der Waals surface area contributed by atoms with Gasteiger partial charge in [0, 0.05) is 6.54 Å². The van der Waals surface area contributed by atoms with Crippen molar-refractivity contribution in [3.63, 3.8) is 0 Å². The van der Waals surface area contributed by atoms with Crippen LogP contribution in [0.2, 0.25) is 0 Å². The summed E-state index contributed by atoms with van der Waals surface area (Å²) < 4.78 is 4.81. The minimum absolute atomic E-state index is 0.117. The van der Waals surface area contributed by atoms with Crippen molar-refractivity contribution in [2.75, 3.05) is 6.54 Å². The normalized spacial score (nSPS) is 18.2. The Kier molecular flexibility index (Phi) is 4.39. The lowest BCUT2D eigenvalue weighted by atomic mass is 9.94. The van der Waals surface area contributed by atoms with E-state index in [9.17, 15) is 20.0 Å². The third-order valence-electron chi connectivity index (χ3n) is 3.61. The predicted octanol–water partition coefficient (Wildman–Crippen LogP) is 2.00. The summed E-state index contributed by atoms with van der Waals surface area (Å²) in [5.74, 6) is -1.13. The van der Waals surface area contributed by atoms with Gasteiger partial charge in [0.2, 0.25) is 0 Å². The number of nitrogens with one attached hydrogen (secondary N) is 1. The van der Waals surface area contributed by atoms with Gasteiger partial charge in [-0.3, -0.25) is 14.9 Å². The van der Waals surface area contributed by atoms with Crippen LogP contribution < -0.4 is 5.32 Å². The summed E-state index contributed by atoms with van der Waals surface area (Å²) >= 11 is 0. The molecule has 1 heterocycles. The molecule has 0 radical (unpaired) electrons. The first-order chi connectivity index (χ1) is 9.50. The van der Waals surface area contributed by atoms with Gasteiger partial charge in [0.25, 0.3) is 5.91 Å². The van der Waals surface area contributed by atoms with Crippen LogP contribution in [-0.2, 0) is 0 Å². The smallest absolute Gasteiger partial charge is 0.395 e. The van der Waals surface area contributed by atoms with Crippen molar-refractivity contribution in [2.45, 2.75) is 44.1 Å². The minimum Gasteiger partial charge on any atom is -0.395 e. The molecule has 0 bridgehead atoms. The van der Waals surface area contributed by atoms with Crippen LogP contribution in [0.15, 0.2) is 16.5 Å². The molecule has 1 aromatic rings. The number of amides is 1. The van der Waals surface area contributed by atoms with Crippen LogP contribution in [-0.4, -0.2) is 28.1 Å². The number of carbonyl (C=O) groups is 1. The Morgan fingerprint density at radius 1 is 1.35 bits per heavy atom. The molecule has 0 aliphatic heterocycles. The molecule has 7 heteroatoms. The molecule has 0 saturated heterocycles. The van der Waals surface area contributed by atoms with Gasteiger partial charge in [0.15, 0.2) is 5.76 Å².